The van der Waals surface area contributed by atoms with Gasteiger partial charge < -0.3 is 59.5 Å². The molecule has 9 rings (SSSR count). The quantitative estimate of drug-likeness (QED) is 0.0179. The molecule has 13 nitrogen and oxygen atoms in total. The van der Waals surface area contributed by atoms with Crippen molar-refractivity contribution in [3.05, 3.63) is 289 Å². The molecule has 1 aliphatic rings. The Kier molecular flexibility index (Phi) is 54.2. The molecule has 1 unspecified atom stereocenters. The third-order valence-electron chi connectivity index (χ3n) is 19.6. The molecule has 0 aliphatic carbocycles. The molecule has 0 bridgehead atoms. The van der Waals surface area contributed by atoms with Gasteiger partial charge in [-0.2, -0.15) is 0 Å². The molecule has 21 heteroatoms. The molecule has 0 fully saturated rings. The van der Waals surface area contributed by atoms with E-state index in [-0.39, 0.29) is 42.6 Å². The van der Waals surface area contributed by atoms with Gasteiger partial charge in [-0.05, 0) is 256 Å². The second-order valence-corrected chi connectivity index (χ2v) is 46.2. The first-order valence-corrected chi connectivity index (χ1v) is 48.2. The Morgan fingerprint density at radius 3 is 1.06 bits per heavy atom. The van der Waals surface area contributed by atoms with Crippen LogP contribution in [0.1, 0.15) is 275 Å². The lowest BCUT2D eigenvalue weighted by Gasteiger charge is -2.36. The summed E-state index contributed by atoms with van der Waals surface area (Å²) in [4.78, 5) is 10.9. The molecule has 116 heavy (non-hydrogen) atoms. The van der Waals surface area contributed by atoms with Crippen LogP contribution in [0.25, 0.3) is 0 Å². The predicted molar refractivity (Wildman–Crippen MR) is 506 cm³/mol. The van der Waals surface area contributed by atoms with Crippen molar-refractivity contribution in [2.75, 3.05) is 13.2 Å². The van der Waals surface area contributed by atoms with Crippen molar-refractivity contribution in [3.8, 4) is 0 Å². The van der Waals surface area contributed by atoms with Crippen molar-refractivity contribution >= 4 is 105 Å². The zero-order valence-electron chi connectivity index (χ0n) is 73.1. The summed E-state index contributed by atoms with van der Waals surface area (Å²) in [6.07, 6.45) is -1.84. The molecule has 0 aromatic heterocycles. The van der Waals surface area contributed by atoms with Crippen LogP contribution in [-0.2, 0) is 39.6 Å². The van der Waals surface area contributed by atoms with Crippen molar-refractivity contribution in [3.63, 3.8) is 0 Å². The lowest BCUT2D eigenvalue weighted by molar-refractivity contribution is -0.115. The zero-order chi connectivity index (χ0) is 89.0. The van der Waals surface area contributed by atoms with Crippen LogP contribution in [0, 0.1) is 55.4 Å². The van der Waals surface area contributed by atoms with E-state index in [1.165, 1.54) is 27.8 Å². The number of ether oxygens (including phenoxy) is 1. The Bertz CT molecular complexity index is 4130. The number of ketones is 1. The Hall–Kier alpha value is -4.57. The van der Waals surface area contributed by atoms with Crippen LogP contribution in [0.15, 0.2) is 172 Å². The van der Waals surface area contributed by atoms with Gasteiger partial charge in [0, 0.05) is 37.8 Å². The summed E-state index contributed by atoms with van der Waals surface area (Å²) >= 11 is 24.5. The molecule has 0 radical (unpaired) electrons. The van der Waals surface area contributed by atoms with Gasteiger partial charge in [-0.25, -0.2) is 0 Å². The average Bonchev–Trinajstić information content (AvgIpc) is 1.65. The number of hydrogen-bond acceptors (Lipinski definition) is 13. The number of carbonyl (C=O) groups excluding carboxylic acids is 1. The molecule has 1 aliphatic heterocycles. The van der Waals surface area contributed by atoms with Gasteiger partial charge in [-0.15, -0.1) is 13.2 Å². The first-order chi connectivity index (χ1) is 53.1. The minimum Gasteiger partial charge on any atom is -0.416 e. The first-order valence-electron chi connectivity index (χ1n) is 38.7. The number of Topliss-reactive ketones (excluding diaryl/α,β-unsaturated/α-hetero) is 1. The topological polar surface area (TPSA) is 227 Å². The van der Waals surface area contributed by atoms with E-state index in [0.29, 0.717) is 13.0 Å². The lowest BCUT2D eigenvalue weighted by Crippen LogP contribution is -2.41. The molecule has 0 saturated carbocycles. The van der Waals surface area contributed by atoms with Gasteiger partial charge in [0.15, 0.2) is 33.0 Å². The normalized spacial score (nSPS) is 14.2. The number of rotatable bonds is 17. The van der Waals surface area contributed by atoms with E-state index in [9.17, 15) is 40.5 Å². The van der Waals surface area contributed by atoms with E-state index in [1.807, 2.05) is 183 Å². The minimum atomic E-state index is -1.74. The van der Waals surface area contributed by atoms with Crippen LogP contribution < -0.4 is 0 Å². The molecular formula is C95H140Br3Cl3O13Si2. The second-order valence-electron chi connectivity index (χ2n) is 32.0. The van der Waals surface area contributed by atoms with E-state index < -0.39 is 63.8 Å². The number of aliphatic hydroxyl groups excluding tert-OH is 9. The summed E-state index contributed by atoms with van der Waals surface area (Å²) in [5, 5.41) is 84.7. The second kappa shape index (κ2) is 55.5. The van der Waals surface area contributed by atoms with Gasteiger partial charge in [0.1, 0.15) is 0 Å². The molecule has 8 aromatic carbocycles. The smallest absolute Gasteiger partial charge is 0.192 e. The number of hydrogen-bond donors (Lipinski definition) is 9. The fourth-order valence-corrected chi connectivity index (χ4v) is 15.4. The molecule has 0 saturated heterocycles. The highest BCUT2D eigenvalue weighted by molar-refractivity contribution is 9.11. The molecule has 8 atom stereocenters. The summed E-state index contributed by atoms with van der Waals surface area (Å²) in [6.45, 7) is 60.3. The summed E-state index contributed by atoms with van der Waals surface area (Å²) in [6, 6.07) is 47.6. The fraction of sp³-hybridized carbons (Fsp3) is 0.463. The van der Waals surface area contributed by atoms with Crippen molar-refractivity contribution in [1.29, 1.82) is 0 Å². The maximum absolute atomic E-state index is 10.9. The fourth-order valence-electron chi connectivity index (χ4n) is 11.0. The van der Waals surface area contributed by atoms with E-state index in [1.54, 1.807) is 41.5 Å². The number of halogens is 6. The molecule has 9 N–H and O–H groups in total. The van der Waals surface area contributed by atoms with Crippen molar-refractivity contribution < 1.29 is 64.3 Å². The Labute approximate surface area is 741 Å². The van der Waals surface area contributed by atoms with Crippen LogP contribution >= 0.6 is 82.6 Å². The number of benzene rings is 8. The van der Waals surface area contributed by atoms with Crippen LogP contribution in [0.4, 0.5) is 0 Å². The average molecular weight is 1890 g/mol. The zero-order valence-corrected chi connectivity index (χ0v) is 82.2. The maximum atomic E-state index is 10.9. The molecule has 648 valence electrons. The molecule has 0 spiro atoms. The van der Waals surface area contributed by atoms with E-state index >= 15 is 0 Å². The van der Waals surface area contributed by atoms with Gasteiger partial charge in [-0.1, -0.05) is 287 Å². The van der Waals surface area contributed by atoms with Gasteiger partial charge in [0.2, 0.25) is 0 Å². The number of aryl methyl sites for hydroxylation is 8. The lowest BCUT2D eigenvalue weighted by atomic mass is 9.99. The van der Waals surface area contributed by atoms with Crippen molar-refractivity contribution in [2.24, 2.45) is 0 Å². The summed E-state index contributed by atoms with van der Waals surface area (Å²) in [7, 11) is -3.42. The Morgan fingerprint density at radius 2 is 0.733 bits per heavy atom. The number of aliphatic hydroxyl groups is 9. The number of fused-ring (bicyclic) bond motifs is 1. The molecule has 8 aromatic rings. The van der Waals surface area contributed by atoms with Crippen LogP contribution in [0.2, 0.25) is 36.3 Å². The first kappa shape index (κ1) is 113. The van der Waals surface area contributed by atoms with Crippen LogP contribution in [-0.4, -0.2) is 85.9 Å². The predicted octanol–water partition coefficient (Wildman–Crippen LogP) is 26.4. The summed E-state index contributed by atoms with van der Waals surface area (Å²) in [5.74, 6) is 0.0943. The van der Waals surface area contributed by atoms with E-state index in [2.05, 4.69) is 161 Å². The Morgan fingerprint density at radius 1 is 0.448 bits per heavy atom. The van der Waals surface area contributed by atoms with E-state index in [0.717, 1.165) is 115 Å². The molecule has 1 heterocycles. The highest BCUT2D eigenvalue weighted by Gasteiger charge is 2.38. The molecule has 0 amide bonds. The molecular weight excluding hydrogens is 1750 g/mol. The van der Waals surface area contributed by atoms with Gasteiger partial charge >= 0.3 is 0 Å². The van der Waals surface area contributed by atoms with Crippen molar-refractivity contribution in [1.82, 2.24) is 0 Å². The van der Waals surface area contributed by atoms with Crippen LogP contribution in [0.5, 0.6) is 0 Å². The highest BCUT2D eigenvalue weighted by atomic mass is 79.9. The van der Waals surface area contributed by atoms with Gasteiger partial charge in [-0.3, -0.25) is 4.79 Å². The summed E-state index contributed by atoms with van der Waals surface area (Å²) < 4.78 is 19.8. The number of carbonyl (C=O) groups is 1. The maximum Gasteiger partial charge on any atom is 0.192 e. The minimum absolute atomic E-state index is 0. The standard InChI is InChI=1S/C17H30O2Si.C16H28O2Si.C11H16O2.C10H12O2.C10H14O2.2C9H11BrO.C9H9BrO.C2H4.CHCl3.CH4/c1-13-8-9-16(14(2)18)15(12-13)10-11-19-20(6,7)17(3,4)5;1-12-8-9-15(13(2)17)14(10-12)11-18-19(6,7)16(3,4)5;1-8-3-4-11(9(2)13)10(7-8)5-6-12;1-6-3-4-8-7(2)12-10(11)9(8)5-6;1-7-3-4-10(8(2)12)9(5-7)6-11;3*1-6-3-4-8(7(2)11)9(10)5-6;1-2;2-1(3)4;/h8-9,12,14,18H,10-11H2,1-7H3;8-10,13,17H,11H2,1-7H3;3-4,7,9,12-13H,5-6H2,1-2H3;3-5,7,10-11H,1-2H3;3-5,8,11-12H,6H2,1-2H3;2*3-5,7,11H,1-2H3;3-5H,1-2H3;1-2H2;1H;1H4/t14-;13-;9-;7-,10?;8-;2*7-;;;;/m1110111..../s1. The van der Waals surface area contributed by atoms with Crippen LogP contribution in [0.3, 0.4) is 0 Å². The highest BCUT2D eigenvalue weighted by Crippen LogP contribution is 2.40. The van der Waals surface area contributed by atoms with Crippen molar-refractivity contribution in [2.45, 2.75) is 275 Å². The SMILES string of the molecule is C.C=C.CC(=O)c1ccc(C)cc1Br.Cc1ccc([C@@H](C)O)c(Br)c1.Cc1ccc([C@@H](C)O)c(Br)c1.Cc1ccc([C@@H](C)O)c(CCO)c1.Cc1ccc([C@@H](C)O)c(CCO[Si](C)(C)C(C)(C)C)c1.Cc1ccc([C@@H](C)O)c(CO)c1.Cc1ccc([C@@H](C)O)c(CO[Si](C)(C)C(C)(C)C)c1.Cc1ccc2c(c1)C(O)O[C@H]2C.ClC(Cl)Cl. The summed E-state index contributed by atoms with van der Waals surface area (Å²) in [5.41, 5.74) is 21.9. The largest absolute Gasteiger partial charge is 0.416 e. The number of alkyl halides is 3. The third-order valence-corrected chi connectivity index (χ3v) is 30.6. The third kappa shape index (κ3) is 41.8. The Balaban J connectivity index is 0. The van der Waals surface area contributed by atoms with Gasteiger partial charge in [0.25, 0.3) is 0 Å². The monoisotopic (exact) mass is 1890 g/mol. The van der Waals surface area contributed by atoms with E-state index in [4.69, 9.17) is 58.6 Å². The van der Waals surface area contributed by atoms with Gasteiger partial charge in [0.05, 0.1) is 55.9 Å².